The normalized spacial score (nSPS) is 18.7. The van der Waals surface area contributed by atoms with Gasteiger partial charge in [0, 0.05) is 18.8 Å². The highest BCUT2D eigenvalue weighted by Crippen LogP contribution is 2.21. The van der Waals surface area contributed by atoms with Crippen LogP contribution in [0.2, 0.25) is 0 Å². The maximum Gasteiger partial charge on any atom is 0.321 e. The number of hydrogen-bond donors (Lipinski definition) is 2. The molecule has 0 radical (unpaired) electrons. The van der Waals surface area contributed by atoms with Crippen molar-refractivity contribution in [2.45, 2.75) is 26.7 Å². The van der Waals surface area contributed by atoms with Crippen LogP contribution in [0.5, 0.6) is 0 Å². The second-order valence-electron chi connectivity index (χ2n) is 5.30. The van der Waals surface area contributed by atoms with E-state index in [1.165, 1.54) is 0 Å². The fourth-order valence-corrected chi connectivity index (χ4v) is 2.44. The van der Waals surface area contributed by atoms with E-state index in [4.69, 9.17) is 5.11 Å². The monoisotopic (exact) mass is 276 g/mol. The van der Waals surface area contributed by atoms with Crippen LogP contribution in [0.25, 0.3) is 0 Å². The molecule has 2 rings (SSSR count). The van der Waals surface area contributed by atoms with Crippen LogP contribution in [0.3, 0.4) is 0 Å². The number of rotatable bonds is 2. The van der Waals surface area contributed by atoms with E-state index in [1.54, 1.807) is 4.90 Å². The van der Waals surface area contributed by atoms with Gasteiger partial charge in [-0.05, 0) is 43.9 Å². The Labute approximate surface area is 118 Å². The smallest absolute Gasteiger partial charge is 0.321 e. The van der Waals surface area contributed by atoms with Crippen LogP contribution < -0.4 is 5.32 Å². The van der Waals surface area contributed by atoms with Gasteiger partial charge in [0.25, 0.3) is 0 Å². The minimum absolute atomic E-state index is 0.218. The first-order valence-electron chi connectivity index (χ1n) is 6.84. The first-order chi connectivity index (χ1) is 9.49. The van der Waals surface area contributed by atoms with Crippen LogP contribution in [0.15, 0.2) is 18.2 Å². The molecule has 0 saturated carbocycles. The van der Waals surface area contributed by atoms with E-state index in [-0.39, 0.29) is 12.6 Å². The molecule has 1 aliphatic heterocycles. The first-order valence-corrected chi connectivity index (χ1v) is 6.84. The van der Waals surface area contributed by atoms with Gasteiger partial charge in [0.05, 0.1) is 5.92 Å². The molecular formula is C15H20N2O3. The van der Waals surface area contributed by atoms with Gasteiger partial charge < -0.3 is 15.3 Å². The van der Waals surface area contributed by atoms with Crippen molar-refractivity contribution < 1.29 is 14.7 Å². The van der Waals surface area contributed by atoms with Crippen molar-refractivity contribution in [3.63, 3.8) is 0 Å². The maximum absolute atomic E-state index is 12.2. The Bertz CT molecular complexity index is 528. The summed E-state index contributed by atoms with van der Waals surface area (Å²) in [6.07, 6.45) is 1.37. The van der Waals surface area contributed by atoms with Gasteiger partial charge in [-0.1, -0.05) is 12.1 Å². The van der Waals surface area contributed by atoms with Crippen molar-refractivity contribution in [1.29, 1.82) is 0 Å². The van der Waals surface area contributed by atoms with Crippen LogP contribution in [0.4, 0.5) is 10.5 Å². The standard InChI is InChI=1S/C15H20N2O3/c1-10-5-3-7-13(11(10)2)16-15(20)17-8-4-6-12(9-17)14(18)19/h3,5,7,12H,4,6,8-9H2,1-2H3,(H,16,20)(H,18,19). The lowest BCUT2D eigenvalue weighted by Crippen LogP contribution is -2.44. The quantitative estimate of drug-likeness (QED) is 0.872. The fraction of sp³-hybridized carbons (Fsp3) is 0.467. The van der Waals surface area contributed by atoms with Crippen LogP contribution in [-0.4, -0.2) is 35.1 Å². The Morgan fingerprint density at radius 2 is 2.10 bits per heavy atom. The maximum atomic E-state index is 12.2. The van der Waals surface area contributed by atoms with E-state index >= 15 is 0 Å². The Hall–Kier alpha value is -2.04. The van der Waals surface area contributed by atoms with Crippen LogP contribution in [0, 0.1) is 19.8 Å². The molecule has 1 aromatic carbocycles. The number of benzene rings is 1. The average molecular weight is 276 g/mol. The molecule has 1 aromatic rings. The number of hydrogen-bond acceptors (Lipinski definition) is 2. The molecule has 0 aliphatic carbocycles. The summed E-state index contributed by atoms with van der Waals surface area (Å²) in [5.41, 5.74) is 2.94. The molecule has 2 N–H and O–H groups in total. The van der Waals surface area contributed by atoms with Gasteiger partial charge in [-0.15, -0.1) is 0 Å². The van der Waals surface area contributed by atoms with Crippen molar-refractivity contribution in [3.8, 4) is 0 Å². The average Bonchev–Trinajstić information content (AvgIpc) is 2.44. The molecule has 1 aliphatic rings. The van der Waals surface area contributed by atoms with Gasteiger partial charge in [-0.3, -0.25) is 4.79 Å². The number of nitrogens with zero attached hydrogens (tertiary/aromatic N) is 1. The third-order valence-corrected chi connectivity index (χ3v) is 3.90. The zero-order chi connectivity index (χ0) is 14.7. The minimum Gasteiger partial charge on any atom is -0.481 e. The number of carbonyl (C=O) groups is 2. The van der Waals surface area contributed by atoms with E-state index in [1.807, 2.05) is 32.0 Å². The van der Waals surface area contributed by atoms with E-state index in [0.717, 1.165) is 23.2 Å². The third kappa shape index (κ3) is 3.10. The molecule has 0 bridgehead atoms. The molecule has 1 atom stereocenters. The SMILES string of the molecule is Cc1cccc(NC(=O)N2CCCC(C(=O)O)C2)c1C. The van der Waals surface area contributed by atoms with Gasteiger partial charge in [0.2, 0.25) is 0 Å². The van der Waals surface area contributed by atoms with Gasteiger partial charge in [0.1, 0.15) is 0 Å². The number of aryl methyl sites for hydroxylation is 1. The summed E-state index contributed by atoms with van der Waals surface area (Å²) >= 11 is 0. The van der Waals surface area contributed by atoms with Gasteiger partial charge in [0.15, 0.2) is 0 Å². The Kier molecular flexibility index (Phi) is 4.27. The lowest BCUT2D eigenvalue weighted by molar-refractivity contribution is -0.143. The van der Waals surface area contributed by atoms with Crippen molar-refractivity contribution in [2.75, 3.05) is 18.4 Å². The predicted octanol–water partition coefficient (Wildman–Crippen LogP) is 2.63. The Morgan fingerprint density at radius 1 is 1.35 bits per heavy atom. The van der Waals surface area contributed by atoms with Gasteiger partial charge in [-0.25, -0.2) is 4.79 Å². The zero-order valence-electron chi connectivity index (χ0n) is 11.8. The largest absolute Gasteiger partial charge is 0.481 e. The summed E-state index contributed by atoms with van der Waals surface area (Å²) < 4.78 is 0. The Balaban J connectivity index is 2.04. The molecule has 1 unspecified atom stereocenters. The zero-order valence-corrected chi connectivity index (χ0v) is 11.8. The number of nitrogens with one attached hydrogen (secondary N) is 1. The molecular weight excluding hydrogens is 256 g/mol. The molecule has 1 fully saturated rings. The molecule has 5 heteroatoms. The van der Waals surface area contributed by atoms with Gasteiger partial charge in [-0.2, -0.15) is 0 Å². The number of urea groups is 1. The van der Waals surface area contributed by atoms with Crippen molar-refractivity contribution in [1.82, 2.24) is 4.90 Å². The van der Waals surface area contributed by atoms with Crippen molar-refractivity contribution >= 4 is 17.7 Å². The van der Waals surface area contributed by atoms with Crippen LogP contribution in [-0.2, 0) is 4.79 Å². The summed E-state index contributed by atoms with van der Waals surface area (Å²) in [6.45, 7) is 4.85. The number of piperidine rings is 1. The molecule has 20 heavy (non-hydrogen) atoms. The third-order valence-electron chi connectivity index (χ3n) is 3.90. The van der Waals surface area contributed by atoms with Crippen LogP contribution >= 0.6 is 0 Å². The van der Waals surface area contributed by atoms with E-state index < -0.39 is 11.9 Å². The number of carboxylic acid groups (broad SMARTS) is 1. The second kappa shape index (κ2) is 5.94. The van der Waals surface area contributed by atoms with Crippen molar-refractivity contribution in [3.05, 3.63) is 29.3 Å². The number of amides is 2. The lowest BCUT2D eigenvalue weighted by Gasteiger charge is -2.31. The lowest BCUT2D eigenvalue weighted by atomic mass is 9.99. The summed E-state index contributed by atoms with van der Waals surface area (Å²) in [7, 11) is 0. The number of anilines is 1. The summed E-state index contributed by atoms with van der Waals surface area (Å²) in [4.78, 5) is 24.8. The van der Waals surface area contributed by atoms with Crippen molar-refractivity contribution in [2.24, 2.45) is 5.92 Å². The Morgan fingerprint density at radius 3 is 2.80 bits per heavy atom. The predicted molar refractivity (Wildman–Crippen MR) is 76.9 cm³/mol. The molecule has 0 aromatic heterocycles. The summed E-state index contributed by atoms with van der Waals surface area (Å²) in [5.74, 6) is -1.28. The van der Waals surface area contributed by atoms with E-state index in [2.05, 4.69) is 5.32 Å². The highest BCUT2D eigenvalue weighted by Gasteiger charge is 2.28. The molecule has 5 nitrogen and oxygen atoms in total. The molecule has 1 heterocycles. The summed E-state index contributed by atoms with van der Waals surface area (Å²) in [5, 5.41) is 11.9. The number of aliphatic carboxylic acids is 1. The molecule has 1 saturated heterocycles. The number of likely N-dealkylation sites (tertiary alicyclic amines) is 1. The fourth-order valence-electron chi connectivity index (χ4n) is 2.44. The number of carbonyl (C=O) groups excluding carboxylic acids is 1. The minimum atomic E-state index is -0.825. The second-order valence-corrected chi connectivity index (χ2v) is 5.30. The molecule has 108 valence electrons. The highest BCUT2D eigenvalue weighted by atomic mass is 16.4. The molecule has 2 amide bonds. The highest BCUT2D eigenvalue weighted by molar-refractivity contribution is 5.90. The summed E-state index contributed by atoms with van der Waals surface area (Å²) in [6, 6.07) is 5.53. The van der Waals surface area contributed by atoms with Gasteiger partial charge >= 0.3 is 12.0 Å². The topological polar surface area (TPSA) is 69.6 Å². The number of carboxylic acids is 1. The van der Waals surface area contributed by atoms with E-state index in [9.17, 15) is 9.59 Å². The van der Waals surface area contributed by atoms with Crippen LogP contribution in [0.1, 0.15) is 24.0 Å². The first kappa shape index (κ1) is 14.4. The van der Waals surface area contributed by atoms with E-state index in [0.29, 0.717) is 13.0 Å². The molecule has 0 spiro atoms.